The molecule has 1 amide bonds. The molecule has 0 saturated carbocycles. The molecule has 2 aliphatic rings. The van der Waals surface area contributed by atoms with Crippen molar-refractivity contribution < 1.29 is 14.3 Å². The smallest absolute Gasteiger partial charge is 0.234 e. The Hall–Kier alpha value is -1.47. The van der Waals surface area contributed by atoms with Crippen molar-refractivity contribution in [3.05, 3.63) is 35.4 Å². The van der Waals surface area contributed by atoms with E-state index in [0.29, 0.717) is 13.1 Å². The number of carbonyl (C=O) groups is 1. The summed E-state index contributed by atoms with van der Waals surface area (Å²) in [6, 6.07) is 8.35. The SMILES string of the molecule is C[C@@H]1CN(Cc2ccccc2CNC(=O)CNC[C@H]2CCCO2)C[C@@H](C)O1. The van der Waals surface area contributed by atoms with Crippen LogP contribution in [0.15, 0.2) is 24.3 Å². The van der Waals surface area contributed by atoms with E-state index in [-0.39, 0.29) is 24.2 Å². The van der Waals surface area contributed by atoms with Gasteiger partial charge in [0.25, 0.3) is 0 Å². The molecule has 6 heteroatoms. The fourth-order valence-electron chi connectivity index (χ4n) is 3.95. The van der Waals surface area contributed by atoms with E-state index in [2.05, 4.69) is 47.6 Å². The first-order valence-electron chi connectivity index (χ1n) is 10.1. The average Bonchev–Trinajstić information content (AvgIpc) is 3.13. The standard InChI is InChI=1S/C21H33N3O3/c1-16-13-24(14-17(2)27-16)15-19-7-4-3-6-18(19)10-23-21(25)12-22-11-20-8-5-9-26-20/h3-4,6-7,16-17,20,22H,5,8-15H2,1-2H3,(H,23,25)/t16-,17-,20-/m1/s1. The number of nitrogens with zero attached hydrogens (tertiary/aromatic N) is 1. The van der Waals surface area contributed by atoms with Crippen LogP contribution in [0.4, 0.5) is 0 Å². The minimum Gasteiger partial charge on any atom is -0.377 e. The van der Waals surface area contributed by atoms with Gasteiger partial charge in [-0.15, -0.1) is 0 Å². The summed E-state index contributed by atoms with van der Waals surface area (Å²) < 4.78 is 11.4. The molecule has 0 spiro atoms. The van der Waals surface area contributed by atoms with E-state index >= 15 is 0 Å². The zero-order chi connectivity index (χ0) is 19.1. The summed E-state index contributed by atoms with van der Waals surface area (Å²) >= 11 is 0. The first-order chi connectivity index (χ1) is 13.1. The predicted molar refractivity (Wildman–Crippen MR) is 105 cm³/mol. The maximum Gasteiger partial charge on any atom is 0.234 e. The quantitative estimate of drug-likeness (QED) is 0.724. The number of ether oxygens (including phenoxy) is 2. The van der Waals surface area contributed by atoms with Crippen molar-refractivity contribution in [2.75, 3.05) is 32.8 Å². The number of amides is 1. The topological polar surface area (TPSA) is 62.8 Å². The maximum atomic E-state index is 12.1. The van der Waals surface area contributed by atoms with E-state index in [0.717, 1.165) is 45.6 Å². The molecule has 27 heavy (non-hydrogen) atoms. The van der Waals surface area contributed by atoms with Crippen LogP contribution in [0, 0.1) is 0 Å². The molecule has 1 aromatic rings. The second kappa shape index (κ2) is 10.2. The van der Waals surface area contributed by atoms with Crippen LogP contribution in [-0.2, 0) is 27.4 Å². The fourth-order valence-corrected chi connectivity index (χ4v) is 3.95. The van der Waals surface area contributed by atoms with Crippen molar-refractivity contribution in [3.63, 3.8) is 0 Å². The number of carbonyl (C=O) groups excluding carboxylic acids is 1. The number of morpholine rings is 1. The number of benzene rings is 1. The third kappa shape index (κ3) is 6.57. The Balaban J connectivity index is 1.44. The molecule has 2 fully saturated rings. The normalized spacial score (nSPS) is 26.2. The lowest BCUT2D eigenvalue weighted by molar-refractivity contribution is -0.120. The van der Waals surface area contributed by atoms with Crippen molar-refractivity contribution in [1.82, 2.24) is 15.5 Å². The summed E-state index contributed by atoms with van der Waals surface area (Å²) in [5.74, 6) is 0.0245. The van der Waals surface area contributed by atoms with E-state index in [9.17, 15) is 4.79 Å². The Kier molecular flexibility index (Phi) is 7.64. The summed E-state index contributed by atoms with van der Waals surface area (Å²) in [5.41, 5.74) is 2.45. The summed E-state index contributed by atoms with van der Waals surface area (Å²) in [6.07, 6.45) is 2.99. The second-order valence-electron chi connectivity index (χ2n) is 7.76. The van der Waals surface area contributed by atoms with Gasteiger partial charge in [-0.3, -0.25) is 9.69 Å². The first kappa shape index (κ1) is 20.3. The molecule has 3 rings (SSSR count). The lowest BCUT2D eigenvalue weighted by Crippen LogP contribution is -2.45. The molecule has 2 aliphatic heterocycles. The van der Waals surface area contributed by atoms with Crippen LogP contribution in [0.25, 0.3) is 0 Å². The van der Waals surface area contributed by atoms with Crippen LogP contribution in [0.1, 0.15) is 37.8 Å². The molecular formula is C21H33N3O3. The fraction of sp³-hybridized carbons (Fsp3) is 0.667. The first-order valence-corrected chi connectivity index (χ1v) is 10.1. The minimum atomic E-state index is 0.0245. The molecule has 0 aromatic heterocycles. The van der Waals surface area contributed by atoms with Gasteiger partial charge in [0, 0.05) is 39.3 Å². The highest BCUT2D eigenvalue weighted by molar-refractivity contribution is 5.78. The van der Waals surface area contributed by atoms with Gasteiger partial charge in [-0.2, -0.15) is 0 Å². The lowest BCUT2D eigenvalue weighted by atomic mass is 10.1. The second-order valence-corrected chi connectivity index (χ2v) is 7.76. The Morgan fingerprint density at radius 2 is 1.93 bits per heavy atom. The van der Waals surface area contributed by atoms with Crippen molar-refractivity contribution in [2.24, 2.45) is 0 Å². The van der Waals surface area contributed by atoms with Crippen molar-refractivity contribution in [2.45, 2.75) is 58.1 Å². The summed E-state index contributed by atoms with van der Waals surface area (Å²) in [5, 5.41) is 6.23. The minimum absolute atomic E-state index is 0.0245. The molecule has 2 heterocycles. The van der Waals surface area contributed by atoms with E-state index in [1.165, 1.54) is 11.1 Å². The zero-order valence-electron chi connectivity index (χ0n) is 16.6. The molecule has 150 valence electrons. The number of nitrogens with one attached hydrogen (secondary N) is 2. The van der Waals surface area contributed by atoms with Gasteiger partial charge in [-0.25, -0.2) is 0 Å². The van der Waals surface area contributed by atoms with Gasteiger partial charge < -0.3 is 20.1 Å². The molecule has 0 aliphatic carbocycles. The monoisotopic (exact) mass is 375 g/mol. The van der Waals surface area contributed by atoms with Crippen molar-refractivity contribution >= 4 is 5.91 Å². The van der Waals surface area contributed by atoms with E-state index < -0.39 is 0 Å². The largest absolute Gasteiger partial charge is 0.377 e. The van der Waals surface area contributed by atoms with E-state index in [4.69, 9.17) is 9.47 Å². The van der Waals surface area contributed by atoms with Gasteiger partial charge in [-0.05, 0) is 37.8 Å². The molecule has 1 aromatic carbocycles. The Labute approximate surface area is 162 Å². The van der Waals surface area contributed by atoms with Crippen molar-refractivity contribution in [3.8, 4) is 0 Å². The highest BCUT2D eigenvalue weighted by Gasteiger charge is 2.22. The van der Waals surface area contributed by atoms with Crippen molar-refractivity contribution in [1.29, 1.82) is 0 Å². The number of rotatable bonds is 8. The van der Waals surface area contributed by atoms with Crippen LogP contribution < -0.4 is 10.6 Å². The Morgan fingerprint density at radius 1 is 1.19 bits per heavy atom. The van der Waals surface area contributed by atoms with Gasteiger partial charge in [0.15, 0.2) is 0 Å². The third-order valence-corrected chi connectivity index (χ3v) is 5.17. The summed E-state index contributed by atoms with van der Waals surface area (Å²) in [6.45, 7) is 9.51. The van der Waals surface area contributed by atoms with Gasteiger partial charge in [0.05, 0.1) is 24.9 Å². The molecule has 2 saturated heterocycles. The Morgan fingerprint density at radius 3 is 2.63 bits per heavy atom. The molecule has 0 bridgehead atoms. The molecular weight excluding hydrogens is 342 g/mol. The van der Waals surface area contributed by atoms with Crippen LogP contribution in [-0.4, -0.2) is 61.9 Å². The van der Waals surface area contributed by atoms with Gasteiger partial charge in [0.2, 0.25) is 5.91 Å². The molecule has 6 nitrogen and oxygen atoms in total. The van der Waals surface area contributed by atoms with Crippen LogP contribution in [0.2, 0.25) is 0 Å². The van der Waals surface area contributed by atoms with Gasteiger partial charge in [-0.1, -0.05) is 24.3 Å². The number of hydrogen-bond donors (Lipinski definition) is 2. The Bertz CT molecular complexity index is 594. The molecule has 2 N–H and O–H groups in total. The number of hydrogen-bond acceptors (Lipinski definition) is 5. The summed E-state index contributed by atoms with van der Waals surface area (Å²) in [7, 11) is 0. The molecule has 0 unspecified atom stereocenters. The predicted octanol–water partition coefficient (Wildman–Crippen LogP) is 1.68. The highest BCUT2D eigenvalue weighted by Crippen LogP contribution is 2.17. The van der Waals surface area contributed by atoms with Crippen LogP contribution >= 0.6 is 0 Å². The zero-order valence-corrected chi connectivity index (χ0v) is 16.6. The molecule has 3 atom stereocenters. The average molecular weight is 376 g/mol. The summed E-state index contributed by atoms with van der Waals surface area (Å²) in [4.78, 5) is 14.6. The maximum absolute atomic E-state index is 12.1. The van der Waals surface area contributed by atoms with Gasteiger partial charge >= 0.3 is 0 Å². The van der Waals surface area contributed by atoms with Gasteiger partial charge in [0.1, 0.15) is 0 Å². The lowest BCUT2D eigenvalue weighted by Gasteiger charge is -2.35. The highest BCUT2D eigenvalue weighted by atomic mass is 16.5. The third-order valence-electron chi connectivity index (χ3n) is 5.17. The van der Waals surface area contributed by atoms with E-state index in [1.54, 1.807) is 0 Å². The van der Waals surface area contributed by atoms with E-state index in [1.807, 2.05) is 6.07 Å². The van der Waals surface area contributed by atoms with Crippen LogP contribution in [0.3, 0.4) is 0 Å². The van der Waals surface area contributed by atoms with Crippen LogP contribution in [0.5, 0.6) is 0 Å². The molecule has 0 radical (unpaired) electrons.